The molecule has 25 heavy (non-hydrogen) atoms. The molecule has 2 aromatic rings. The Morgan fingerprint density at radius 1 is 1.28 bits per heavy atom. The number of aromatic nitrogens is 3. The molecule has 8 nitrogen and oxygen atoms in total. The lowest BCUT2D eigenvalue weighted by atomic mass is 10.1. The number of halogens is 1. The predicted octanol–water partition coefficient (Wildman–Crippen LogP) is 1.62. The van der Waals surface area contributed by atoms with E-state index < -0.39 is 15.8 Å². The molecular weight excluding hydrogens is 367 g/mol. The van der Waals surface area contributed by atoms with Crippen molar-refractivity contribution >= 4 is 32.4 Å². The summed E-state index contributed by atoms with van der Waals surface area (Å²) in [5.74, 6) is -0.183. The molecule has 0 unspecified atom stereocenters. The number of rotatable bonds is 5. The first-order valence-electron chi connectivity index (χ1n) is 7.75. The number of nitrogens with zero attached hydrogens (tertiary/aromatic N) is 4. The van der Waals surface area contributed by atoms with Crippen LogP contribution in [0.4, 0.5) is 15.5 Å². The molecule has 0 bridgehead atoms. The molecule has 0 saturated carbocycles. The summed E-state index contributed by atoms with van der Waals surface area (Å²) < 4.78 is 38.6. The van der Waals surface area contributed by atoms with Gasteiger partial charge in [0.15, 0.2) is 10.9 Å². The zero-order chi connectivity index (χ0) is 18.0. The molecule has 0 atom stereocenters. The molecule has 1 aliphatic rings. The van der Waals surface area contributed by atoms with E-state index in [0.29, 0.717) is 41.9 Å². The third kappa shape index (κ3) is 4.22. The van der Waals surface area contributed by atoms with E-state index in [1.54, 1.807) is 13.2 Å². The van der Waals surface area contributed by atoms with Crippen molar-refractivity contribution in [2.24, 2.45) is 0 Å². The van der Waals surface area contributed by atoms with Gasteiger partial charge < -0.3 is 10.6 Å². The molecule has 0 amide bonds. The summed E-state index contributed by atoms with van der Waals surface area (Å²) in [6, 6.07) is 0.0469. The number of hydrogen-bond donors (Lipinski definition) is 2. The first-order valence-corrected chi connectivity index (χ1v) is 10.4. The fraction of sp³-hybridized carbons (Fsp3) is 0.500. The molecule has 0 spiro atoms. The first-order chi connectivity index (χ1) is 11.9. The summed E-state index contributed by atoms with van der Waals surface area (Å²) in [7, 11) is -1.41. The van der Waals surface area contributed by atoms with Crippen LogP contribution in [0.15, 0.2) is 12.4 Å². The third-order valence-electron chi connectivity index (χ3n) is 3.95. The van der Waals surface area contributed by atoms with Crippen LogP contribution in [0.3, 0.4) is 0 Å². The normalized spacial score (nSPS) is 16.8. The summed E-state index contributed by atoms with van der Waals surface area (Å²) in [4.78, 5) is 13.0. The zero-order valence-corrected chi connectivity index (χ0v) is 15.5. The summed E-state index contributed by atoms with van der Waals surface area (Å²) >= 11 is 1.30. The minimum atomic E-state index is -3.16. The second kappa shape index (κ2) is 7.18. The maximum atomic E-state index is 14.1. The first kappa shape index (κ1) is 18.0. The van der Waals surface area contributed by atoms with Crippen LogP contribution in [-0.4, -0.2) is 60.1 Å². The van der Waals surface area contributed by atoms with Crippen molar-refractivity contribution in [2.75, 3.05) is 37.0 Å². The van der Waals surface area contributed by atoms with Gasteiger partial charge in [-0.1, -0.05) is 11.3 Å². The standard InChI is InChI=1S/C14H19FN6O2S2/c1-16-14-18-8-11(24-14)12-10(15)7-17-13(20-12)19-9-3-5-21(6-4-9)25(2,22)23/h7-9H,3-6H2,1-2H3,(H,16,18)(H,17,19,20). The van der Waals surface area contributed by atoms with E-state index in [9.17, 15) is 12.8 Å². The maximum absolute atomic E-state index is 14.1. The minimum absolute atomic E-state index is 0.0469. The Hall–Kier alpha value is -1.85. The summed E-state index contributed by atoms with van der Waals surface area (Å²) in [5, 5.41) is 6.75. The Kier molecular flexibility index (Phi) is 5.16. The monoisotopic (exact) mass is 386 g/mol. The smallest absolute Gasteiger partial charge is 0.223 e. The van der Waals surface area contributed by atoms with Gasteiger partial charge in [-0.25, -0.2) is 32.1 Å². The van der Waals surface area contributed by atoms with Gasteiger partial charge in [0, 0.05) is 32.4 Å². The van der Waals surface area contributed by atoms with E-state index >= 15 is 0 Å². The number of nitrogens with one attached hydrogen (secondary N) is 2. The quantitative estimate of drug-likeness (QED) is 0.805. The van der Waals surface area contributed by atoms with Gasteiger partial charge in [0.25, 0.3) is 0 Å². The molecule has 1 aliphatic heterocycles. The van der Waals surface area contributed by atoms with E-state index in [1.165, 1.54) is 21.9 Å². The Morgan fingerprint density at radius 3 is 2.60 bits per heavy atom. The molecule has 0 radical (unpaired) electrons. The average molecular weight is 386 g/mol. The van der Waals surface area contributed by atoms with E-state index in [0.717, 1.165) is 6.20 Å². The molecule has 2 N–H and O–H groups in total. The van der Waals surface area contributed by atoms with Crippen LogP contribution < -0.4 is 10.6 Å². The van der Waals surface area contributed by atoms with Crippen LogP contribution in [0.5, 0.6) is 0 Å². The van der Waals surface area contributed by atoms with E-state index in [4.69, 9.17) is 0 Å². The fourth-order valence-corrected chi connectivity index (χ4v) is 4.26. The topological polar surface area (TPSA) is 100 Å². The molecule has 0 aromatic carbocycles. The van der Waals surface area contributed by atoms with Crippen LogP contribution in [0, 0.1) is 5.82 Å². The Labute approximate surface area is 149 Å². The molecule has 3 rings (SSSR count). The van der Waals surface area contributed by atoms with Crippen molar-refractivity contribution < 1.29 is 12.8 Å². The molecule has 11 heteroatoms. The number of sulfonamides is 1. The lowest BCUT2D eigenvalue weighted by molar-refractivity contribution is 0.331. The van der Waals surface area contributed by atoms with E-state index in [-0.39, 0.29) is 11.7 Å². The van der Waals surface area contributed by atoms with Gasteiger partial charge in [-0.3, -0.25) is 0 Å². The average Bonchev–Trinajstić information content (AvgIpc) is 3.05. The molecule has 136 valence electrons. The number of hydrogen-bond acceptors (Lipinski definition) is 8. The third-order valence-corrected chi connectivity index (χ3v) is 6.28. The molecule has 1 saturated heterocycles. The van der Waals surface area contributed by atoms with Gasteiger partial charge in [0.2, 0.25) is 16.0 Å². The van der Waals surface area contributed by atoms with Gasteiger partial charge >= 0.3 is 0 Å². The lowest BCUT2D eigenvalue weighted by Crippen LogP contribution is -2.42. The van der Waals surface area contributed by atoms with Crippen molar-refractivity contribution in [3.63, 3.8) is 0 Å². The highest BCUT2D eigenvalue weighted by Crippen LogP contribution is 2.29. The number of thiazole rings is 1. The minimum Gasteiger partial charge on any atom is -0.365 e. The van der Waals surface area contributed by atoms with Gasteiger partial charge in [0.05, 0.1) is 17.3 Å². The largest absolute Gasteiger partial charge is 0.365 e. The zero-order valence-electron chi connectivity index (χ0n) is 13.9. The Morgan fingerprint density at radius 2 is 2.00 bits per heavy atom. The van der Waals surface area contributed by atoms with Gasteiger partial charge in [0.1, 0.15) is 5.69 Å². The van der Waals surface area contributed by atoms with E-state index in [1.807, 2.05) is 0 Å². The van der Waals surface area contributed by atoms with Crippen LogP contribution in [0.25, 0.3) is 10.6 Å². The van der Waals surface area contributed by atoms with Crippen LogP contribution in [-0.2, 0) is 10.0 Å². The second-order valence-electron chi connectivity index (χ2n) is 5.75. The number of anilines is 2. The van der Waals surface area contributed by atoms with Gasteiger partial charge in [-0.2, -0.15) is 0 Å². The SMILES string of the molecule is CNc1ncc(-c2nc(NC3CCN(S(C)(=O)=O)CC3)ncc2F)s1. The van der Waals surface area contributed by atoms with Crippen molar-refractivity contribution in [2.45, 2.75) is 18.9 Å². The lowest BCUT2D eigenvalue weighted by Gasteiger charge is -2.30. The van der Waals surface area contributed by atoms with Crippen LogP contribution in [0.1, 0.15) is 12.8 Å². The summed E-state index contributed by atoms with van der Waals surface area (Å²) in [6.07, 6.45) is 5.21. The van der Waals surface area contributed by atoms with Crippen molar-refractivity contribution in [1.82, 2.24) is 19.3 Å². The van der Waals surface area contributed by atoms with Crippen molar-refractivity contribution in [1.29, 1.82) is 0 Å². The van der Waals surface area contributed by atoms with Gasteiger partial charge in [-0.15, -0.1) is 0 Å². The van der Waals surface area contributed by atoms with Crippen LogP contribution in [0.2, 0.25) is 0 Å². The maximum Gasteiger partial charge on any atom is 0.223 e. The summed E-state index contributed by atoms with van der Waals surface area (Å²) in [6.45, 7) is 0.899. The fourth-order valence-electron chi connectivity index (χ4n) is 2.62. The second-order valence-corrected chi connectivity index (χ2v) is 8.76. The molecular formula is C14H19FN6O2S2. The van der Waals surface area contributed by atoms with Gasteiger partial charge in [-0.05, 0) is 12.8 Å². The highest BCUT2D eigenvalue weighted by atomic mass is 32.2. The predicted molar refractivity (Wildman–Crippen MR) is 95.7 cm³/mol. The molecule has 1 fully saturated rings. The highest BCUT2D eigenvalue weighted by molar-refractivity contribution is 7.88. The summed E-state index contributed by atoms with van der Waals surface area (Å²) in [5.41, 5.74) is 0.199. The molecule has 3 heterocycles. The number of piperidine rings is 1. The van der Waals surface area contributed by atoms with Crippen LogP contribution >= 0.6 is 11.3 Å². The Balaban J connectivity index is 1.71. The molecule has 2 aromatic heterocycles. The Bertz CT molecular complexity index is 849. The molecule has 0 aliphatic carbocycles. The van der Waals surface area contributed by atoms with Crippen molar-refractivity contribution in [3.8, 4) is 10.6 Å². The van der Waals surface area contributed by atoms with Crippen molar-refractivity contribution in [3.05, 3.63) is 18.2 Å². The highest BCUT2D eigenvalue weighted by Gasteiger charge is 2.25. The van der Waals surface area contributed by atoms with E-state index in [2.05, 4.69) is 25.6 Å².